The number of anilines is 2. The van der Waals surface area contributed by atoms with Crippen molar-refractivity contribution in [3.8, 4) is 11.5 Å². The van der Waals surface area contributed by atoms with Gasteiger partial charge in [-0.15, -0.1) is 0 Å². The predicted molar refractivity (Wildman–Crippen MR) is 104 cm³/mol. The molecule has 1 aliphatic carbocycles. The molecule has 0 unspecified atom stereocenters. The Bertz CT molecular complexity index is 867. The summed E-state index contributed by atoms with van der Waals surface area (Å²) in [5, 5.41) is 5.71. The fourth-order valence-electron chi connectivity index (χ4n) is 3.12. The summed E-state index contributed by atoms with van der Waals surface area (Å²) in [6.07, 6.45) is 1.04. The Morgan fingerprint density at radius 2 is 1.52 bits per heavy atom. The Hall–Kier alpha value is -3.02. The minimum Gasteiger partial charge on any atom is -0.497 e. The van der Waals surface area contributed by atoms with Crippen LogP contribution < -0.4 is 20.1 Å². The van der Waals surface area contributed by atoms with E-state index in [1.54, 1.807) is 25.3 Å². The molecule has 2 N–H and O–H groups in total. The van der Waals surface area contributed by atoms with Gasteiger partial charge in [-0.3, -0.25) is 9.59 Å². The summed E-state index contributed by atoms with van der Waals surface area (Å²) < 4.78 is 10.5. The number of methoxy groups -OCH3 is 2. The van der Waals surface area contributed by atoms with E-state index in [0.29, 0.717) is 35.7 Å². The molecule has 2 amide bonds. The van der Waals surface area contributed by atoms with Crippen LogP contribution >= 0.6 is 0 Å². The van der Waals surface area contributed by atoms with Crippen LogP contribution in [0.5, 0.6) is 11.5 Å². The second kappa shape index (κ2) is 7.31. The Labute approximate surface area is 158 Å². The van der Waals surface area contributed by atoms with Crippen LogP contribution in [-0.4, -0.2) is 26.0 Å². The fraction of sp³-hybridized carbons (Fsp3) is 0.333. The maximum atomic E-state index is 12.8. The van der Waals surface area contributed by atoms with Gasteiger partial charge >= 0.3 is 0 Å². The summed E-state index contributed by atoms with van der Waals surface area (Å²) in [7, 11) is 3.08. The number of carbonyl (C=O) groups excluding carboxylic acids is 2. The Kier molecular flexibility index (Phi) is 5.08. The first-order valence-electron chi connectivity index (χ1n) is 8.81. The van der Waals surface area contributed by atoms with Crippen LogP contribution in [0.1, 0.15) is 24.0 Å². The zero-order chi connectivity index (χ0) is 19.6. The number of aryl methyl sites for hydroxylation is 2. The molecule has 0 aromatic heterocycles. The molecule has 2 aromatic carbocycles. The van der Waals surface area contributed by atoms with E-state index in [1.165, 1.54) is 7.11 Å². The average molecular weight is 368 g/mol. The second-order valence-electron chi connectivity index (χ2n) is 6.93. The summed E-state index contributed by atoms with van der Waals surface area (Å²) >= 11 is 0. The van der Waals surface area contributed by atoms with Gasteiger partial charge in [-0.05, 0) is 62.1 Å². The number of rotatable bonds is 6. The molecule has 0 atom stereocenters. The third-order valence-electron chi connectivity index (χ3n) is 4.76. The minimum absolute atomic E-state index is 0.280. The lowest BCUT2D eigenvalue weighted by atomic mass is 10.0. The first-order chi connectivity index (χ1) is 12.9. The monoisotopic (exact) mass is 368 g/mol. The molecule has 0 heterocycles. The van der Waals surface area contributed by atoms with Crippen LogP contribution in [0.2, 0.25) is 0 Å². The van der Waals surface area contributed by atoms with Gasteiger partial charge < -0.3 is 20.1 Å². The number of benzene rings is 2. The number of amides is 2. The van der Waals surface area contributed by atoms with Gasteiger partial charge in [0.25, 0.3) is 0 Å². The van der Waals surface area contributed by atoms with Crippen molar-refractivity contribution in [3.05, 3.63) is 47.5 Å². The summed E-state index contributed by atoms with van der Waals surface area (Å²) in [5.41, 5.74) is 2.29. The van der Waals surface area contributed by atoms with Crippen LogP contribution in [0.4, 0.5) is 11.4 Å². The van der Waals surface area contributed by atoms with Crippen LogP contribution in [0.25, 0.3) is 0 Å². The van der Waals surface area contributed by atoms with Crippen molar-refractivity contribution in [2.24, 2.45) is 5.41 Å². The van der Waals surface area contributed by atoms with Crippen LogP contribution in [0, 0.1) is 19.3 Å². The largest absolute Gasteiger partial charge is 0.497 e. The molecule has 0 spiro atoms. The highest BCUT2D eigenvalue weighted by Crippen LogP contribution is 2.48. The molecule has 0 aliphatic heterocycles. The van der Waals surface area contributed by atoms with Gasteiger partial charge in [0.15, 0.2) is 0 Å². The highest BCUT2D eigenvalue weighted by Gasteiger charge is 2.56. The van der Waals surface area contributed by atoms with Crippen LogP contribution in [0.3, 0.4) is 0 Å². The Morgan fingerprint density at radius 3 is 2.07 bits per heavy atom. The van der Waals surface area contributed by atoms with Gasteiger partial charge in [-0.2, -0.15) is 0 Å². The average Bonchev–Trinajstić information content (AvgIpc) is 3.43. The SMILES string of the molecule is COc1ccc(NC(=O)C2(C(=O)Nc3cc(C)cc(C)c3)CC2)c(OC)c1. The van der Waals surface area contributed by atoms with E-state index in [1.807, 2.05) is 32.0 Å². The van der Waals surface area contributed by atoms with Crippen molar-refractivity contribution in [2.45, 2.75) is 26.7 Å². The van der Waals surface area contributed by atoms with Gasteiger partial charge in [0.1, 0.15) is 16.9 Å². The third kappa shape index (κ3) is 3.89. The number of hydrogen-bond acceptors (Lipinski definition) is 4. The summed E-state index contributed by atoms with van der Waals surface area (Å²) in [4.78, 5) is 25.6. The van der Waals surface area contributed by atoms with Crippen LogP contribution in [0.15, 0.2) is 36.4 Å². The van der Waals surface area contributed by atoms with Crippen molar-refractivity contribution in [2.75, 3.05) is 24.9 Å². The molecule has 6 heteroatoms. The number of nitrogens with one attached hydrogen (secondary N) is 2. The Balaban J connectivity index is 1.75. The molecule has 142 valence electrons. The van der Waals surface area contributed by atoms with Crippen molar-refractivity contribution in [1.29, 1.82) is 0 Å². The number of carbonyl (C=O) groups is 2. The molecule has 1 saturated carbocycles. The van der Waals surface area contributed by atoms with Gasteiger partial charge in [0.2, 0.25) is 11.8 Å². The van der Waals surface area contributed by atoms with Crippen molar-refractivity contribution in [1.82, 2.24) is 0 Å². The highest BCUT2D eigenvalue weighted by atomic mass is 16.5. The van der Waals surface area contributed by atoms with Gasteiger partial charge in [0.05, 0.1) is 19.9 Å². The zero-order valence-corrected chi connectivity index (χ0v) is 16.0. The molecule has 6 nitrogen and oxygen atoms in total. The molecule has 3 rings (SSSR count). The molecule has 27 heavy (non-hydrogen) atoms. The van der Waals surface area contributed by atoms with Gasteiger partial charge in [0, 0.05) is 11.8 Å². The van der Waals surface area contributed by atoms with Crippen LogP contribution in [-0.2, 0) is 9.59 Å². The van der Waals surface area contributed by atoms with Crippen molar-refractivity contribution in [3.63, 3.8) is 0 Å². The Morgan fingerprint density at radius 1 is 0.889 bits per heavy atom. The van der Waals surface area contributed by atoms with E-state index in [2.05, 4.69) is 10.6 Å². The second-order valence-corrected chi connectivity index (χ2v) is 6.93. The van der Waals surface area contributed by atoms with E-state index in [4.69, 9.17) is 9.47 Å². The first-order valence-corrected chi connectivity index (χ1v) is 8.81. The third-order valence-corrected chi connectivity index (χ3v) is 4.76. The lowest BCUT2D eigenvalue weighted by Crippen LogP contribution is -2.35. The summed E-state index contributed by atoms with van der Waals surface area (Å²) in [6, 6.07) is 10.9. The molecule has 2 aromatic rings. The first kappa shape index (κ1) is 18.8. The zero-order valence-electron chi connectivity index (χ0n) is 16.0. The molecular formula is C21H24N2O4. The standard InChI is InChI=1S/C21H24N2O4/c1-13-9-14(2)11-15(10-13)22-19(24)21(7-8-21)20(25)23-17-6-5-16(26-3)12-18(17)27-4/h5-6,9-12H,7-8H2,1-4H3,(H,22,24)(H,23,25). The molecule has 1 fully saturated rings. The smallest absolute Gasteiger partial charge is 0.240 e. The quantitative estimate of drug-likeness (QED) is 0.763. The predicted octanol–water partition coefficient (Wildman–Crippen LogP) is 3.68. The number of ether oxygens (including phenoxy) is 2. The molecule has 0 bridgehead atoms. The normalized spacial score (nSPS) is 14.2. The van der Waals surface area contributed by atoms with E-state index < -0.39 is 5.41 Å². The van der Waals surface area contributed by atoms with E-state index >= 15 is 0 Å². The maximum Gasteiger partial charge on any atom is 0.240 e. The molecule has 1 aliphatic rings. The molecule has 0 saturated heterocycles. The van der Waals surface area contributed by atoms with Crippen molar-refractivity contribution < 1.29 is 19.1 Å². The topological polar surface area (TPSA) is 76.7 Å². The lowest BCUT2D eigenvalue weighted by Gasteiger charge is -2.17. The number of hydrogen-bond donors (Lipinski definition) is 2. The minimum atomic E-state index is -1.04. The lowest BCUT2D eigenvalue weighted by molar-refractivity contribution is -0.131. The van der Waals surface area contributed by atoms with E-state index in [-0.39, 0.29) is 11.8 Å². The molecular weight excluding hydrogens is 344 g/mol. The van der Waals surface area contributed by atoms with E-state index in [0.717, 1.165) is 11.1 Å². The van der Waals surface area contributed by atoms with E-state index in [9.17, 15) is 9.59 Å². The highest BCUT2D eigenvalue weighted by molar-refractivity contribution is 6.17. The molecule has 0 radical (unpaired) electrons. The van der Waals surface area contributed by atoms with Gasteiger partial charge in [-0.25, -0.2) is 0 Å². The fourth-order valence-corrected chi connectivity index (χ4v) is 3.12. The van der Waals surface area contributed by atoms with Crippen molar-refractivity contribution >= 4 is 23.2 Å². The summed E-state index contributed by atoms with van der Waals surface area (Å²) in [6.45, 7) is 3.94. The maximum absolute atomic E-state index is 12.8. The summed E-state index contributed by atoms with van der Waals surface area (Å²) in [5.74, 6) is 0.497. The van der Waals surface area contributed by atoms with Gasteiger partial charge in [-0.1, -0.05) is 6.07 Å².